The van der Waals surface area contributed by atoms with Crippen LogP contribution in [0.4, 0.5) is 4.79 Å². The zero-order chi connectivity index (χ0) is 17.6. The van der Waals surface area contributed by atoms with E-state index < -0.39 is 33.8 Å². The molecular formula is C14H18N2O6S. The molecule has 0 aliphatic rings. The van der Waals surface area contributed by atoms with E-state index in [1.807, 2.05) is 5.32 Å². The number of urea groups is 1. The topological polar surface area (TPSA) is 119 Å². The van der Waals surface area contributed by atoms with Gasteiger partial charge in [-0.1, -0.05) is 19.1 Å². The third kappa shape index (κ3) is 4.78. The lowest BCUT2D eigenvalue weighted by atomic mass is 10.2. The maximum Gasteiger partial charge on any atom is 0.340 e. The number of amides is 3. The number of benzene rings is 1. The van der Waals surface area contributed by atoms with Crippen LogP contribution in [0.1, 0.15) is 24.2 Å². The normalized spacial score (nSPS) is 12.1. The van der Waals surface area contributed by atoms with Crippen LogP contribution in [-0.4, -0.2) is 45.2 Å². The molecule has 23 heavy (non-hydrogen) atoms. The summed E-state index contributed by atoms with van der Waals surface area (Å²) in [6, 6.07) is 4.83. The maximum absolute atomic E-state index is 12.1. The molecule has 0 unspecified atom stereocenters. The number of carbonyl (C=O) groups excluding carboxylic acids is 3. The van der Waals surface area contributed by atoms with Gasteiger partial charge in [0, 0.05) is 7.05 Å². The first-order valence-electron chi connectivity index (χ1n) is 6.78. The van der Waals surface area contributed by atoms with Gasteiger partial charge in [-0.3, -0.25) is 10.1 Å². The largest absolute Gasteiger partial charge is 0.449 e. The first kappa shape index (κ1) is 18.6. The van der Waals surface area contributed by atoms with Gasteiger partial charge in [-0.15, -0.1) is 0 Å². The Labute approximate surface area is 134 Å². The van der Waals surface area contributed by atoms with Crippen molar-refractivity contribution in [2.75, 3.05) is 12.8 Å². The Morgan fingerprint density at radius 3 is 2.39 bits per heavy atom. The number of ether oxygens (including phenoxy) is 1. The van der Waals surface area contributed by atoms with Crippen molar-refractivity contribution in [3.05, 3.63) is 29.8 Å². The zero-order valence-corrected chi connectivity index (χ0v) is 13.8. The maximum atomic E-state index is 12.1. The molecule has 2 N–H and O–H groups in total. The van der Waals surface area contributed by atoms with Crippen LogP contribution in [0.2, 0.25) is 0 Å². The number of imide groups is 1. The van der Waals surface area contributed by atoms with E-state index in [0.29, 0.717) is 0 Å². The summed E-state index contributed by atoms with van der Waals surface area (Å²) in [7, 11) is -2.29. The Kier molecular flexibility index (Phi) is 6.26. The van der Waals surface area contributed by atoms with E-state index in [0.717, 1.165) is 0 Å². The Bertz CT molecular complexity index is 714. The minimum absolute atomic E-state index is 0.158. The molecule has 3 amide bonds. The predicted molar refractivity (Wildman–Crippen MR) is 81.6 cm³/mol. The van der Waals surface area contributed by atoms with Crippen LogP contribution in [0.5, 0.6) is 0 Å². The Morgan fingerprint density at radius 2 is 1.83 bits per heavy atom. The Hall–Kier alpha value is -2.42. The molecule has 0 aliphatic heterocycles. The van der Waals surface area contributed by atoms with Crippen molar-refractivity contribution in [3.8, 4) is 0 Å². The van der Waals surface area contributed by atoms with E-state index in [1.165, 1.54) is 45.2 Å². The molecule has 1 atom stereocenters. The van der Waals surface area contributed by atoms with Crippen molar-refractivity contribution < 1.29 is 27.5 Å². The highest BCUT2D eigenvalue weighted by molar-refractivity contribution is 7.91. The average Bonchev–Trinajstić information content (AvgIpc) is 2.54. The van der Waals surface area contributed by atoms with Crippen LogP contribution >= 0.6 is 0 Å². The molecule has 1 rings (SSSR count). The molecule has 0 aromatic heterocycles. The quantitative estimate of drug-likeness (QED) is 0.751. The lowest BCUT2D eigenvalue weighted by Crippen LogP contribution is -2.43. The molecule has 0 aliphatic carbocycles. The van der Waals surface area contributed by atoms with E-state index in [9.17, 15) is 22.8 Å². The lowest BCUT2D eigenvalue weighted by molar-refractivity contribution is -0.127. The Balaban J connectivity index is 2.95. The number of nitrogens with one attached hydrogen (secondary N) is 2. The summed E-state index contributed by atoms with van der Waals surface area (Å²) in [5.74, 6) is -1.96. The summed E-state index contributed by atoms with van der Waals surface area (Å²) in [5, 5.41) is 4.14. The van der Waals surface area contributed by atoms with Gasteiger partial charge in [-0.25, -0.2) is 18.0 Å². The third-order valence-electron chi connectivity index (χ3n) is 2.94. The van der Waals surface area contributed by atoms with Gasteiger partial charge in [-0.2, -0.15) is 0 Å². The minimum Gasteiger partial charge on any atom is -0.449 e. The van der Waals surface area contributed by atoms with Gasteiger partial charge in [0.05, 0.1) is 16.2 Å². The number of sulfone groups is 1. The molecule has 0 fully saturated rings. The molecule has 1 aromatic rings. The number of esters is 1. The highest BCUT2D eigenvalue weighted by Gasteiger charge is 2.25. The monoisotopic (exact) mass is 342 g/mol. The van der Waals surface area contributed by atoms with Gasteiger partial charge in [0.1, 0.15) is 0 Å². The predicted octanol–water partition coefficient (Wildman–Crippen LogP) is 0.481. The van der Waals surface area contributed by atoms with Crippen LogP contribution in [0.3, 0.4) is 0 Å². The molecule has 0 radical (unpaired) electrons. The Morgan fingerprint density at radius 1 is 1.22 bits per heavy atom. The molecule has 8 nitrogen and oxygen atoms in total. The fourth-order valence-corrected chi connectivity index (χ4v) is 2.70. The van der Waals surface area contributed by atoms with Crippen LogP contribution < -0.4 is 10.6 Å². The fourth-order valence-electron chi connectivity index (χ4n) is 1.62. The highest BCUT2D eigenvalue weighted by atomic mass is 32.2. The number of hydrogen-bond acceptors (Lipinski definition) is 6. The highest BCUT2D eigenvalue weighted by Crippen LogP contribution is 2.18. The summed E-state index contributed by atoms with van der Waals surface area (Å²) in [6.45, 7) is 2.73. The fraction of sp³-hybridized carbons (Fsp3) is 0.357. The summed E-state index contributed by atoms with van der Waals surface area (Å²) < 4.78 is 28.9. The molecule has 0 saturated carbocycles. The molecule has 9 heteroatoms. The average molecular weight is 342 g/mol. The van der Waals surface area contributed by atoms with E-state index in [2.05, 4.69) is 5.32 Å². The SMILES string of the molecule is CCS(=O)(=O)c1ccccc1C(=O)O[C@H](C)C(=O)NC(=O)NC. The molecular weight excluding hydrogens is 324 g/mol. The van der Waals surface area contributed by atoms with Crippen molar-refractivity contribution in [2.24, 2.45) is 0 Å². The second-order valence-corrected chi connectivity index (χ2v) is 6.76. The standard InChI is InChI=1S/C14H18N2O6S/c1-4-23(20,21)11-8-6-5-7-10(11)13(18)22-9(2)12(17)16-14(19)15-3/h5-9H,4H2,1-3H3,(H2,15,16,17,19)/t9-/m1/s1. The van der Waals surface area contributed by atoms with E-state index in [1.54, 1.807) is 0 Å². The second kappa shape index (κ2) is 7.73. The van der Waals surface area contributed by atoms with Crippen LogP contribution in [0.25, 0.3) is 0 Å². The molecule has 126 valence electrons. The number of rotatable bonds is 5. The van der Waals surface area contributed by atoms with E-state index in [-0.39, 0.29) is 16.2 Å². The van der Waals surface area contributed by atoms with Gasteiger partial charge in [0.2, 0.25) is 0 Å². The first-order chi connectivity index (χ1) is 10.7. The van der Waals surface area contributed by atoms with Crippen LogP contribution in [0, 0.1) is 0 Å². The van der Waals surface area contributed by atoms with Crippen molar-refractivity contribution in [1.29, 1.82) is 0 Å². The van der Waals surface area contributed by atoms with Crippen LogP contribution in [-0.2, 0) is 19.4 Å². The number of hydrogen-bond donors (Lipinski definition) is 2. The van der Waals surface area contributed by atoms with Crippen molar-refractivity contribution in [2.45, 2.75) is 24.8 Å². The van der Waals surface area contributed by atoms with Crippen molar-refractivity contribution >= 4 is 27.7 Å². The number of carbonyl (C=O) groups is 3. The molecule has 0 heterocycles. The van der Waals surface area contributed by atoms with Crippen molar-refractivity contribution in [1.82, 2.24) is 10.6 Å². The van der Waals surface area contributed by atoms with E-state index >= 15 is 0 Å². The smallest absolute Gasteiger partial charge is 0.340 e. The van der Waals surface area contributed by atoms with Gasteiger partial charge in [0.15, 0.2) is 15.9 Å². The molecule has 0 spiro atoms. The lowest BCUT2D eigenvalue weighted by Gasteiger charge is -2.14. The second-order valence-electron chi connectivity index (χ2n) is 4.52. The van der Waals surface area contributed by atoms with Gasteiger partial charge >= 0.3 is 12.0 Å². The minimum atomic E-state index is -3.62. The first-order valence-corrected chi connectivity index (χ1v) is 8.43. The van der Waals surface area contributed by atoms with Gasteiger partial charge in [0.25, 0.3) is 5.91 Å². The van der Waals surface area contributed by atoms with Crippen LogP contribution in [0.15, 0.2) is 29.2 Å². The molecule has 1 aromatic carbocycles. The van der Waals surface area contributed by atoms with Gasteiger partial charge < -0.3 is 10.1 Å². The summed E-state index contributed by atoms with van der Waals surface area (Å²) in [5.41, 5.74) is -0.158. The molecule has 0 bridgehead atoms. The zero-order valence-electron chi connectivity index (χ0n) is 13.0. The summed E-state index contributed by atoms with van der Waals surface area (Å²) >= 11 is 0. The summed E-state index contributed by atoms with van der Waals surface area (Å²) in [4.78, 5) is 34.7. The van der Waals surface area contributed by atoms with Crippen molar-refractivity contribution in [3.63, 3.8) is 0 Å². The van der Waals surface area contributed by atoms with E-state index in [4.69, 9.17) is 4.74 Å². The molecule has 0 saturated heterocycles. The third-order valence-corrected chi connectivity index (χ3v) is 4.73. The summed E-state index contributed by atoms with van der Waals surface area (Å²) in [6.07, 6.45) is -1.27. The van der Waals surface area contributed by atoms with Gasteiger partial charge in [-0.05, 0) is 19.1 Å².